The van der Waals surface area contributed by atoms with Gasteiger partial charge in [0.2, 0.25) is 11.9 Å². The lowest BCUT2D eigenvalue weighted by molar-refractivity contribution is -0.126. The molecule has 37 heavy (non-hydrogen) atoms. The highest BCUT2D eigenvalue weighted by Gasteiger charge is 2.36. The Morgan fingerprint density at radius 1 is 1.24 bits per heavy atom. The average Bonchev–Trinajstić information content (AvgIpc) is 3.57. The lowest BCUT2D eigenvalue weighted by Crippen LogP contribution is -2.35. The standard InChI is InChI=1S/C28H33ClN6O2/c1-19-17-20(11-15-30-19)26(37)33-27-32-23-9-5-8-22(29)25(23)35(27)21-7-3-4-16-34(18-21)24(36)10-6-14-31-28(2)12-13-28/h5-6,8-11,15,17,21,31H,3-4,7,12-14,16,18H2,1-2H3,(H,32,33,37). The number of para-hydroxylation sites is 1. The highest BCUT2D eigenvalue weighted by molar-refractivity contribution is 6.35. The van der Waals surface area contributed by atoms with Gasteiger partial charge in [0.1, 0.15) is 0 Å². The number of anilines is 1. The highest BCUT2D eigenvalue weighted by atomic mass is 35.5. The number of imidazole rings is 1. The van der Waals surface area contributed by atoms with Crippen LogP contribution < -0.4 is 10.6 Å². The van der Waals surface area contributed by atoms with Gasteiger partial charge in [-0.25, -0.2) is 4.98 Å². The summed E-state index contributed by atoms with van der Waals surface area (Å²) >= 11 is 6.65. The first-order chi connectivity index (χ1) is 17.8. The molecule has 1 saturated heterocycles. The van der Waals surface area contributed by atoms with Crippen LogP contribution in [0.1, 0.15) is 61.1 Å². The quantitative estimate of drug-likeness (QED) is 0.432. The Morgan fingerprint density at radius 3 is 2.86 bits per heavy atom. The number of carbonyl (C=O) groups excluding carboxylic acids is 2. The van der Waals surface area contributed by atoms with E-state index in [0.717, 1.165) is 30.5 Å². The van der Waals surface area contributed by atoms with Crippen LogP contribution in [0.4, 0.5) is 5.95 Å². The minimum Gasteiger partial charge on any atom is -0.337 e. The number of amides is 2. The van der Waals surface area contributed by atoms with Gasteiger partial charge in [-0.1, -0.05) is 23.7 Å². The summed E-state index contributed by atoms with van der Waals surface area (Å²) in [5.74, 6) is 0.168. The topological polar surface area (TPSA) is 92.2 Å². The number of halogens is 1. The van der Waals surface area contributed by atoms with Crippen LogP contribution in [-0.2, 0) is 4.79 Å². The molecule has 3 heterocycles. The van der Waals surface area contributed by atoms with Gasteiger partial charge >= 0.3 is 0 Å². The molecule has 1 aliphatic heterocycles. The zero-order chi connectivity index (χ0) is 26.0. The van der Waals surface area contributed by atoms with E-state index in [2.05, 4.69) is 22.5 Å². The van der Waals surface area contributed by atoms with Crippen LogP contribution in [0.15, 0.2) is 48.7 Å². The van der Waals surface area contributed by atoms with Crippen molar-refractivity contribution in [3.63, 3.8) is 0 Å². The first-order valence-electron chi connectivity index (χ1n) is 12.9. The maximum absolute atomic E-state index is 13.1. The molecule has 2 aliphatic rings. The Morgan fingerprint density at radius 2 is 2.08 bits per heavy atom. The molecule has 5 rings (SSSR count). The number of nitrogens with one attached hydrogen (secondary N) is 2. The Labute approximate surface area is 222 Å². The van der Waals surface area contributed by atoms with E-state index in [1.54, 1.807) is 24.4 Å². The molecule has 194 valence electrons. The van der Waals surface area contributed by atoms with E-state index in [1.807, 2.05) is 40.7 Å². The maximum atomic E-state index is 13.1. The number of hydrogen-bond acceptors (Lipinski definition) is 5. The monoisotopic (exact) mass is 520 g/mol. The van der Waals surface area contributed by atoms with Crippen LogP contribution in [0.5, 0.6) is 0 Å². The molecule has 2 fully saturated rings. The second-order valence-corrected chi connectivity index (χ2v) is 10.7. The SMILES string of the molecule is Cc1cc(C(=O)Nc2nc3cccc(Cl)c3n2C2CCCCN(C(=O)C=CCNC3(C)CC3)C2)ccn1. The third kappa shape index (κ3) is 5.86. The number of aryl methyl sites for hydroxylation is 1. The van der Waals surface area contributed by atoms with E-state index >= 15 is 0 Å². The Bertz CT molecular complexity index is 1350. The first kappa shape index (κ1) is 25.4. The van der Waals surface area contributed by atoms with Crippen molar-refractivity contribution in [2.24, 2.45) is 0 Å². The van der Waals surface area contributed by atoms with Crippen molar-refractivity contribution in [2.45, 2.75) is 57.5 Å². The van der Waals surface area contributed by atoms with Crippen LogP contribution >= 0.6 is 11.6 Å². The molecule has 8 nitrogen and oxygen atoms in total. The summed E-state index contributed by atoms with van der Waals surface area (Å²) < 4.78 is 2.01. The molecule has 1 aromatic carbocycles. The second-order valence-electron chi connectivity index (χ2n) is 10.3. The van der Waals surface area contributed by atoms with Crippen LogP contribution in [-0.4, -0.2) is 56.4 Å². The molecular formula is C28H33ClN6O2. The van der Waals surface area contributed by atoms with Crippen molar-refractivity contribution in [3.05, 3.63) is 65.0 Å². The van der Waals surface area contributed by atoms with Gasteiger partial charge in [-0.2, -0.15) is 0 Å². The number of fused-ring (bicyclic) bond motifs is 1. The Hall–Kier alpha value is -3.23. The summed E-state index contributed by atoms with van der Waals surface area (Å²) in [6.07, 6.45) is 10.3. The van der Waals surface area contributed by atoms with Gasteiger partial charge < -0.3 is 14.8 Å². The molecule has 0 spiro atoms. The average molecular weight is 521 g/mol. The number of benzene rings is 1. The number of pyridine rings is 1. The lowest BCUT2D eigenvalue weighted by atomic mass is 10.1. The summed E-state index contributed by atoms with van der Waals surface area (Å²) in [6.45, 7) is 5.95. The largest absolute Gasteiger partial charge is 0.337 e. The van der Waals surface area contributed by atoms with E-state index in [9.17, 15) is 9.59 Å². The maximum Gasteiger partial charge on any atom is 0.258 e. The molecule has 9 heteroatoms. The van der Waals surface area contributed by atoms with Gasteiger partial charge in [-0.05, 0) is 70.2 Å². The van der Waals surface area contributed by atoms with Crippen molar-refractivity contribution in [1.29, 1.82) is 0 Å². The van der Waals surface area contributed by atoms with E-state index in [4.69, 9.17) is 16.6 Å². The summed E-state index contributed by atoms with van der Waals surface area (Å²) in [5.41, 5.74) is 2.97. The number of rotatable bonds is 7. The highest BCUT2D eigenvalue weighted by Crippen LogP contribution is 2.35. The minimum atomic E-state index is -0.264. The summed E-state index contributed by atoms with van der Waals surface area (Å²) in [6, 6.07) is 8.91. The lowest BCUT2D eigenvalue weighted by Gasteiger charge is -2.26. The summed E-state index contributed by atoms with van der Waals surface area (Å²) in [4.78, 5) is 37.0. The molecule has 0 bridgehead atoms. The van der Waals surface area contributed by atoms with Gasteiger partial charge in [-0.15, -0.1) is 0 Å². The fraction of sp³-hybridized carbons (Fsp3) is 0.429. The molecule has 0 radical (unpaired) electrons. The predicted octanol–water partition coefficient (Wildman–Crippen LogP) is 4.90. The van der Waals surface area contributed by atoms with E-state index < -0.39 is 0 Å². The van der Waals surface area contributed by atoms with Crippen LogP contribution in [0.25, 0.3) is 11.0 Å². The van der Waals surface area contributed by atoms with Crippen LogP contribution in [0.2, 0.25) is 5.02 Å². The third-order valence-electron chi connectivity index (χ3n) is 7.28. The van der Waals surface area contributed by atoms with Crippen molar-refractivity contribution < 1.29 is 9.59 Å². The Kier molecular flexibility index (Phi) is 7.31. The zero-order valence-corrected chi connectivity index (χ0v) is 22.1. The predicted molar refractivity (Wildman–Crippen MR) is 146 cm³/mol. The molecule has 1 aliphatic carbocycles. The van der Waals surface area contributed by atoms with Crippen LogP contribution in [0.3, 0.4) is 0 Å². The second kappa shape index (κ2) is 10.6. The smallest absolute Gasteiger partial charge is 0.258 e. The van der Waals surface area contributed by atoms with E-state index in [1.165, 1.54) is 12.8 Å². The third-order valence-corrected chi connectivity index (χ3v) is 7.58. The van der Waals surface area contributed by atoms with Gasteiger partial charge in [-0.3, -0.25) is 19.9 Å². The van der Waals surface area contributed by atoms with Gasteiger partial charge in [0.05, 0.1) is 22.1 Å². The minimum absolute atomic E-state index is 0.00279. The molecule has 1 unspecified atom stereocenters. The van der Waals surface area contributed by atoms with Crippen molar-refractivity contribution in [2.75, 3.05) is 25.0 Å². The Balaban J connectivity index is 1.40. The van der Waals surface area contributed by atoms with Crippen molar-refractivity contribution in [3.8, 4) is 0 Å². The molecular weight excluding hydrogens is 488 g/mol. The van der Waals surface area contributed by atoms with E-state index in [0.29, 0.717) is 41.7 Å². The number of aromatic nitrogens is 3. The zero-order valence-electron chi connectivity index (χ0n) is 21.3. The molecule has 2 amide bonds. The molecule has 1 saturated carbocycles. The van der Waals surface area contributed by atoms with E-state index in [-0.39, 0.29) is 23.4 Å². The number of carbonyl (C=O) groups is 2. The summed E-state index contributed by atoms with van der Waals surface area (Å²) in [5, 5.41) is 7.03. The fourth-order valence-corrected chi connectivity index (χ4v) is 5.14. The normalized spacial score (nSPS) is 19.2. The number of likely N-dealkylation sites (tertiary alicyclic amines) is 1. The molecule has 2 aromatic heterocycles. The summed E-state index contributed by atoms with van der Waals surface area (Å²) in [7, 11) is 0. The van der Waals surface area contributed by atoms with Crippen molar-refractivity contribution in [1.82, 2.24) is 24.8 Å². The molecule has 2 N–H and O–H groups in total. The number of nitrogens with zero attached hydrogens (tertiary/aromatic N) is 4. The van der Waals surface area contributed by atoms with Gasteiger partial charge in [0.15, 0.2) is 0 Å². The van der Waals surface area contributed by atoms with Gasteiger partial charge in [0.25, 0.3) is 5.91 Å². The number of hydrogen-bond donors (Lipinski definition) is 2. The fourth-order valence-electron chi connectivity index (χ4n) is 4.88. The van der Waals surface area contributed by atoms with Crippen LogP contribution in [0, 0.1) is 6.92 Å². The van der Waals surface area contributed by atoms with Gasteiger partial charge in [0, 0.05) is 48.7 Å². The molecule has 1 atom stereocenters. The van der Waals surface area contributed by atoms with Crippen molar-refractivity contribution >= 4 is 40.4 Å². The molecule has 3 aromatic rings. The first-order valence-corrected chi connectivity index (χ1v) is 13.3.